The number of thiophene rings is 1. The molecule has 19 heavy (non-hydrogen) atoms. The highest BCUT2D eigenvalue weighted by atomic mass is 127. The van der Waals surface area contributed by atoms with E-state index in [1.807, 2.05) is 24.3 Å². The second-order valence-electron chi connectivity index (χ2n) is 4.04. The summed E-state index contributed by atoms with van der Waals surface area (Å²) in [6, 6.07) is 12.8. The Labute approximate surface area is 128 Å². The lowest BCUT2D eigenvalue weighted by Gasteiger charge is -2.03. The van der Waals surface area contributed by atoms with Crippen molar-refractivity contribution in [2.45, 2.75) is 0 Å². The Morgan fingerprint density at radius 3 is 2.32 bits per heavy atom. The molecule has 0 saturated carbocycles. The predicted molar refractivity (Wildman–Crippen MR) is 85.7 cm³/mol. The molecule has 0 saturated heterocycles. The average molecular weight is 381 g/mol. The molecule has 2 heterocycles. The first-order valence-corrected chi connectivity index (χ1v) is 7.59. The van der Waals surface area contributed by atoms with Gasteiger partial charge >= 0.3 is 0 Å². The third-order valence-corrected chi connectivity index (χ3v) is 4.74. The first kappa shape index (κ1) is 12.7. The fourth-order valence-electron chi connectivity index (χ4n) is 1.92. The topological polar surface area (TPSA) is 12.9 Å². The molecular weight excluding hydrogens is 372 g/mol. The minimum atomic E-state index is -0.208. The van der Waals surface area contributed by atoms with Gasteiger partial charge in [-0.05, 0) is 64.0 Å². The van der Waals surface area contributed by atoms with Crippen LogP contribution in [0.25, 0.3) is 21.6 Å². The third-order valence-electron chi connectivity index (χ3n) is 2.80. The van der Waals surface area contributed by atoms with E-state index < -0.39 is 0 Å². The molecule has 2 aromatic heterocycles. The predicted octanol–water partition coefficient (Wildman–Crippen LogP) is 5.22. The molecule has 0 atom stereocenters. The van der Waals surface area contributed by atoms with Crippen LogP contribution in [-0.2, 0) is 0 Å². The van der Waals surface area contributed by atoms with Crippen molar-refractivity contribution in [3.63, 3.8) is 0 Å². The molecule has 0 fully saturated rings. The Balaban J connectivity index is 2.15. The van der Waals surface area contributed by atoms with Crippen LogP contribution in [0, 0.1) is 8.70 Å². The molecule has 0 radical (unpaired) electrons. The van der Waals surface area contributed by atoms with E-state index in [9.17, 15) is 4.39 Å². The Morgan fingerprint density at radius 1 is 0.947 bits per heavy atom. The van der Waals surface area contributed by atoms with E-state index in [1.54, 1.807) is 23.7 Å². The van der Waals surface area contributed by atoms with Crippen LogP contribution in [0.2, 0.25) is 0 Å². The van der Waals surface area contributed by atoms with Gasteiger partial charge in [0.25, 0.3) is 0 Å². The van der Waals surface area contributed by atoms with Gasteiger partial charge in [-0.25, -0.2) is 4.39 Å². The number of aromatic nitrogens is 1. The van der Waals surface area contributed by atoms with Crippen molar-refractivity contribution in [2.75, 3.05) is 0 Å². The van der Waals surface area contributed by atoms with Gasteiger partial charge < -0.3 is 0 Å². The lowest BCUT2D eigenvalue weighted by Crippen LogP contribution is -1.80. The molecule has 4 heteroatoms. The van der Waals surface area contributed by atoms with Gasteiger partial charge in [-0.15, -0.1) is 11.3 Å². The van der Waals surface area contributed by atoms with Crippen molar-refractivity contribution in [1.82, 2.24) is 4.98 Å². The van der Waals surface area contributed by atoms with E-state index in [0.717, 1.165) is 16.0 Å². The van der Waals surface area contributed by atoms with Gasteiger partial charge in [0.2, 0.25) is 0 Å². The van der Waals surface area contributed by atoms with Gasteiger partial charge in [-0.3, -0.25) is 4.98 Å². The highest BCUT2D eigenvalue weighted by Crippen LogP contribution is 2.39. The summed E-state index contributed by atoms with van der Waals surface area (Å²) in [4.78, 5) is 5.21. The fourth-order valence-corrected chi connectivity index (χ4v) is 3.81. The smallest absolute Gasteiger partial charge is 0.123 e. The van der Waals surface area contributed by atoms with Crippen LogP contribution in [0.15, 0.2) is 54.9 Å². The first-order valence-electron chi connectivity index (χ1n) is 5.70. The van der Waals surface area contributed by atoms with Crippen LogP contribution in [0.1, 0.15) is 0 Å². The highest BCUT2D eigenvalue weighted by Gasteiger charge is 2.11. The van der Waals surface area contributed by atoms with Crippen LogP contribution in [0.5, 0.6) is 0 Å². The molecule has 0 aliphatic carbocycles. The Morgan fingerprint density at radius 2 is 1.63 bits per heavy atom. The van der Waals surface area contributed by atoms with Gasteiger partial charge in [0, 0.05) is 22.8 Å². The van der Waals surface area contributed by atoms with Crippen LogP contribution < -0.4 is 0 Å². The molecule has 1 nitrogen and oxygen atoms in total. The molecular formula is C15H9FINS. The molecule has 0 amide bonds. The Bertz CT molecular complexity index is 692. The van der Waals surface area contributed by atoms with Crippen molar-refractivity contribution in [2.24, 2.45) is 0 Å². The Kier molecular flexibility index (Phi) is 3.61. The number of hydrogen-bond donors (Lipinski definition) is 0. The van der Waals surface area contributed by atoms with Gasteiger partial charge in [-0.2, -0.15) is 0 Å². The van der Waals surface area contributed by atoms with Gasteiger partial charge in [0.1, 0.15) is 5.82 Å². The van der Waals surface area contributed by atoms with E-state index >= 15 is 0 Å². The molecule has 3 rings (SSSR count). The van der Waals surface area contributed by atoms with Crippen molar-refractivity contribution in [3.8, 4) is 21.6 Å². The number of pyridine rings is 1. The summed E-state index contributed by atoms with van der Waals surface area (Å²) < 4.78 is 14.2. The van der Waals surface area contributed by atoms with Crippen LogP contribution >= 0.6 is 33.9 Å². The number of benzene rings is 1. The zero-order chi connectivity index (χ0) is 13.2. The molecule has 1 aromatic carbocycles. The quantitative estimate of drug-likeness (QED) is 0.555. The largest absolute Gasteiger partial charge is 0.265 e. The normalized spacial score (nSPS) is 10.6. The monoisotopic (exact) mass is 381 g/mol. The van der Waals surface area contributed by atoms with Gasteiger partial charge in [0.05, 0.1) is 2.88 Å². The minimum Gasteiger partial charge on any atom is -0.265 e. The van der Waals surface area contributed by atoms with Crippen molar-refractivity contribution in [3.05, 3.63) is 63.6 Å². The summed E-state index contributed by atoms with van der Waals surface area (Å²) in [6.07, 6.45) is 3.57. The van der Waals surface area contributed by atoms with Crippen LogP contribution in [-0.4, -0.2) is 4.98 Å². The average Bonchev–Trinajstić information content (AvgIpc) is 2.83. The maximum absolute atomic E-state index is 13.0. The molecule has 0 N–H and O–H groups in total. The SMILES string of the molecule is Fc1ccc(-c2sc(I)cc2-c2ccncc2)cc1. The van der Waals surface area contributed by atoms with Crippen molar-refractivity contribution >= 4 is 33.9 Å². The summed E-state index contributed by atoms with van der Waals surface area (Å²) in [5.41, 5.74) is 3.35. The van der Waals surface area contributed by atoms with E-state index in [0.29, 0.717) is 0 Å². The maximum atomic E-state index is 13.0. The zero-order valence-corrected chi connectivity index (χ0v) is 12.8. The summed E-state index contributed by atoms with van der Waals surface area (Å²) in [5, 5.41) is 0. The molecule has 0 bridgehead atoms. The minimum absolute atomic E-state index is 0.208. The van der Waals surface area contributed by atoms with Crippen LogP contribution in [0.4, 0.5) is 4.39 Å². The fraction of sp³-hybridized carbons (Fsp3) is 0. The maximum Gasteiger partial charge on any atom is 0.123 e. The number of hydrogen-bond acceptors (Lipinski definition) is 2. The number of halogens is 2. The molecule has 3 aromatic rings. The van der Waals surface area contributed by atoms with E-state index in [1.165, 1.54) is 20.6 Å². The van der Waals surface area contributed by atoms with Crippen molar-refractivity contribution in [1.29, 1.82) is 0 Å². The van der Waals surface area contributed by atoms with Crippen LogP contribution in [0.3, 0.4) is 0 Å². The molecule has 0 aliphatic heterocycles. The highest BCUT2D eigenvalue weighted by molar-refractivity contribution is 14.1. The molecule has 0 unspecified atom stereocenters. The Hall–Kier alpha value is -1.27. The summed E-state index contributed by atoms with van der Waals surface area (Å²) in [7, 11) is 0. The second kappa shape index (κ2) is 5.38. The zero-order valence-electron chi connectivity index (χ0n) is 9.81. The molecule has 0 aliphatic rings. The van der Waals surface area contributed by atoms with E-state index in [2.05, 4.69) is 33.6 Å². The summed E-state index contributed by atoms with van der Waals surface area (Å²) >= 11 is 4.03. The van der Waals surface area contributed by atoms with E-state index in [-0.39, 0.29) is 5.82 Å². The molecule has 0 spiro atoms. The standard InChI is InChI=1S/C15H9FINS/c16-12-3-1-11(2-4-12)15-13(9-14(17)19-15)10-5-7-18-8-6-10/h1-9H. The number of rotatable bonds is 2. The summed E-state index contributed by atoms with van der Waals surface area (Å²) in [5.74, 6) is -0.208. The lowest BCUT2D eigenvalue weighted by atomic mass is 10.0. The first-order chi connectivity index (χ1) is 9.24. The van der Waals surface area contributed by atoms with Gasteiger partial charge in [-0.1, -0.05) is 12.1 Å². The summed E-state index contributed by atoms with van der Waals surface area (Å²) in [6.45, 7) is 0. The lowest BCUT2D eigenvalue weighted by molar-refractivity contribution is 0.628. The molecule has 94 valence electrons. The van der Waals surface area contributed by atoms with Crippen molar-refractivity contribution < 1.29 is 4.39 Å². The number of nitrogens with zero attached hydrogens (tertiary/aromatic N) is 1. The second-order valence-corrected chi connectivity index (χ2v) is 6.98. The van der Waals surface area contributed by atoms with E-state index in [4.69, 9.17) is 0 Å². The third kappa shape index (κ3) is 2.69. The van der Waals surface area contributed by atoms with Gasteiger partial charge in [0.15, 0.2) is 0 Å².